The van der Waals surface area contributed by atoms with Gasteiger partial charge in [-0.15, -0.1) is 0 Å². The van der Waals surface area contributed by atoms with Gasteiger partial charge < -0.3 is 16.0 Å². The minimum absolute atomic E-state index is 0.00815. The second-order valence-corrected chi connectivity index (χ2v) is 4.51. The molecule has 0 saturated heterocycles. The maximum absolute atomic E-state index is 12.5. The third-order valence-electron chi connectivity index (χ3n) is 3.28. The number of nitrogens with two attached hydrogens (primary N) is 1. The van der Waals surface area contributed by atoms with Gasteiger partial charge in [0.1, 0.15) is 6.54 Å². The van der Waals surface area contributed by atoms with Crippen molar-refractivity contribution in [3.05, 3.63) is 23.8 Å². The second-order valence-electron chi connectivity index (χ2n) is 4.51. The molecule has 1 atom stereocenters. The second kappa shape index (κ2) is 4.68. The Morgan fingerprint density at radius 3 is 2.83 bits per heavy atom. The normalized spacial score (nSPS) is 16.9. The molecule has 18 heavy (non-hydrogen) atoms. The van der Waals surface area contributed by atoms with Gasteiger partial charge in [0.2, 0.25) is 5.91 Å². The molecular weight excluding hydrogens is 230 g/mol. The quantitative estimate of drug-likeness (QED) is 0.777. The summed E-state index contributed by atoms with van der Waals surface area (Å²) in [6.07, 6.45) is 0.793. The molecule has 2 amide bonds. The highest BCUT2D eigenvalue weighted by molar-refractivity contribution is 6.11. The molecule has 0 aliphatic carbocycles. The van der Waals surface area contributed by atoms with E-state index in [0.29, 0.717) is 16.9 Å². The van der Waals surface area contributed by atoms with Gasteiger partial charge in [-0.25, -0.2) is 0 Å². The summed E-state index contributed by atoms with van der Waals surface area (Å²) in [5.41, 5.74) is 7.14. The zero-order valence-corrected chi connectivity index (χ0v) is 10.6. The van der Waals surface area contributed by atoms with E-state index in [4.69, 9.17) is 5.73 Å². The van der Waals surface area contributed by atoms with Gasteiger partial charge in [0.25, 0.3) is 5.91 Å². The van der Waals surface area contributed by atoms with Crippen LogP contribution in [0.3, 0.4) is 0 Å². The molecule has 1 unspecified atom stereocenters. The third-order valence-corrected chi connectivity index (χ3v) is 3.28. The minimum Gasteiger partial charge on any atom is -0.398 e. The smallest absolute Gasteiger partial charge is 0.258 e. The SMILES string of the molecule is CCC(C)N1CC(=O)Nc2cccc(N)c2C1=O. The van der Waals surface area contributed by atoms with Crippen molar-refractivity contribution in [1.82, 2.24) is 4.90 Å². The lowest BCUT2D eigenvalue weighted by molar-refractivity contribution is -0.117. The molecule has 1 heterocycles. The Hall–Kier alpha value is -2.04. The van der Waals surface area contributed by atoms with Gasteiger partial charge in [0.15, 0.2) is 0 Å². The van der Waals surface area contributed by atoms with E-state index in [9.17, 15) is 9.59 Å². The molecule has 0 saturated carbocycles. The molecule has 0 aromatic heterocycles. The zero-order chi connectivity index (χ0) is 13.3. The monoisotopic (exact) mass is 247 g/mol. The Morgan fingerprint density at radius 1 is 1.44 bits per heavy atom. The van der Waals surface area contributed by atoms with Crippen LogP contribution in [-0.4, -0.2) is 29.3 Å². The van der Waals surface area contributed by atoms with Gasteiger partial charge in [-0.05, 0) is 25.5 Å². The van der Waals surface area contributed by atoms with Crippen LogP contribution in [0.4, 0.5) is 11.4 Å². The summed E-state index contributed by atoms with van der Waals surface area (Å²) in [4.78, 5) is 25.8. The number of anilines is 2. The molecule has 1 aromatic carbocycles. The fourth-order valence-electron chi connectivity index (χ4n) is 2.05. The van der Waals surface area contributed by atoms with Gasteiger partial charge in [-0.2, -0.15) is 0 Å². The Morgan fingerprint density at radius 2 is 2.17 bits per heavy atom. The first kappa shape index (κ1) is 12.4. The number of rotatable bonds is 2. The molecule has 0 spiro atoms. The number of amides is 2. The van der Waals surface area contributed by atoms with Gasteiger partial charge in [0.05, 0.1) is 11.3 Å². The van der Waals surface area contributed by atoms with Crippen molar-refractivity contribution in [2.24, 2.45) is 0 Å². The first-order chi connectivity index (χ1) is 8.54. The molecule has 0 fully saturated rings. The van der Waals surface area contributed by atoms with Crippen molar-refractivity contribution >= 4 is 23.2 Å². The Kier molecular flexibility index (Phi) is 3.23. The average molecular weight is 247 g/mol. The maximum atomic E-state index is 12.5. The Labute approximate surface area is 106 Å². The summed E-state index contributed by atoms with van der Waals surface area (Å²) in [7, 11) is 0. The number of nitrogens with one attached hydrogen (secondary N) is 1. The van der Waals surface area contributed by atoms with Crippen LogP contribution in [0.25, 0.3) is 0 Å². The fraction of sp³-hybridized carbons (Fsp3) is 0.385. The first-order valence-electron chi connectivity index (χ1n) is 6.04. The molecule has 96 valence electrons. The molecule has 0 bridgehead atoms. The topological polar surface area (TPSA) is 75.4 Å². The van der Waals surface area contributed by atoms with Crippen molar-refractivity contribution in [2.45, 2.75) is 26.3 Å². The fourth-order valence-corrected chi connectivity index (χ4v) is 2.05. The number of benzene rings is 1. The zero-order valence-electron chi connectivity index (χ0n) is 10.6. The largest absolute Gasteiger partial charge is 0.398 e. The number of hydrogen-bond donors (Lipinski definition) is 2. The predicted molar refractivity (Wildman–Crippen MR) is 70.3 cm³/mol. The van der Waals surface area contributed by atoms with Crippen LogP contribution in [0, 0.1) is 0 Å². The number of fused-ring (bicyclic) bond motifs is 1. The van der Waals surface area contributed by atoms with Crippen molar-refractivity contribution < 1.29 is 9.59 Å². The Balaban J connectivity index is 2.50. The van der Waals surface area contributed by atoms with Crippen molar-refractivity contribution in [3.63, 3.8) is 0 Å². The molecule has 2 rings (SSSR count). The van der Waals surface area contributed by atoms with Gasteiger partial charge in [-0.1, -0.05) is 13.0 Å². The third kappa shape index (κ3) is 2.03. The highest BCUT2D eigenvalue weighted by Crippen LogP contribution is 2.27. The van der Waals surface area contributed by atoms with Crippen LogP contribution < -0.4 is 11.1 Å². The van der Waals surface area contributed by atoms with Crippen LogP contribution in [0.2, 0.25) is 0 Å². The lowest BCUT2D eigenvalue weighted by Crippen LogP contribution is -2.41. The predicted octanol–water partition coefficient (Wildman–Crippen LogP) is 1.46. The van der Waals surface area contributed by atoms with E-state index < -0.39 is 0 Å². The van der Waals surface area contributed by atoms with Gasteiger partial charge in [0, 0.05) is 11.7 Å². The molecule has 5 heteroatoms. The van der Waals surface area contributed by atoms with Crippen LogP contribution >= 0.6 is 0 Å². The summed E-state index contributed by atoms with van der Waals surface area (Å²) in [6.45, 7) is 3.98. The van der Waals surface area contributed by atoms with E-state index in [1.165, 1.54) is 0 Å². The molecule has 1 aliphatic heterocycles. The summed E-state index contributed by atoms with van der Waals surface area (Å²) >= 11 is 0. The molecule has 0 radical (unpaired) electrons. The Bertz CT molecular complexity index is 499. The molecule has 1 aromatic rings. The van der Waals surface area contributed by atoms with E-state index in [1.807, 2.05) is 13.8 Å². The number of carbonyl (C=O) groups excluding carboxylic acids is 2. The lowest BCUT2D eigenvalue weighted by Gasteiger charge is -2.26. The van der Waals surface area contributed by atoms with E-state index in [2.05, 4.69) is 5.32 Å². The summed E-state index contributed by atoms with van der Waals surface area (Å²) in [5.74, 6) is -0.371. The van der Waals surface area contributed by atoms with E-state index in [1.54, 1.807) is 23.1 Å². The van der Waals surface area contributed by atoms with Crippen LogP contribution in [0.5, 0.6) is 0 Å². The average Bonchev–Trinajstić information content (AvgIpc) is 2.46. The van der Waals surface area contributed by atoms with Crippen LogP contribution in [0.1, 0.15) is 30.6 Å². The van der Waals surface area contributed by atoms with Gasteiger partial charge in [-0.3, -0.25) is 9.59 Å². The highest BCUT2D eigenvalue weighted by atomic mass is 16.2. The number of hydrogen-bond acceptors (Lipinski definition) is 3. The highest BCUT2D eigenvalue weighted by Gasteiger charge is 2.30. The standard InChI is InChI=1S/C13H17N3O2/c1-3-8(2)16-7-11(17)15-10-6-4-5-9(14)12(10)13(16)18/h4-6,8H,3,7,14H2,1-2H3,(H,15,17). The molecule has 5 nitrogen and oxygen atoms in total. The molecular formula is C13H17N3O2. The number of carbonyl (C=O) groups is 2. The summed E-state index contributed by atoms with van der Waals surface area (Å²) in [5, 5.41) is 2.72. The minimum atomic E-state index is -0.187. The first-order valence-corrected chi connectivity index (χ1v) is 6.04. The van der Waals surface area contributed by atoms with Crippen molar-refractivity contribution in [3.8, 4) is 0 Å². The van der Waals surface area contributed by atoms with E-state index in [-0.39, 0.29) is 24.4 Å². The van der Waals surface area contributed by atoms with Crippen LogP contribution in [0.15, 0.2) is 18.2 Å². The van der Waals surface area contributed by atoms with E-state index >= 15 is 0 Å². The summed E-state index contributed by atoms with van der Waals surface area (Å²) < 4.78 is 0. The van der Waals surface area contributed by atoms with Crippen LogP contribution in [-0.2, 0) is 4.79 Å². The van der Waals surface area contributed by atoms with Crippen molar-refractivity contribution in [1.29, 1.82) is 0 Å². The molecule has 3 N–H and O–H groups in total. The maximum Gasteiger partial charge on any atom is 0.258 e. The van der Waals surface area contributed by atoms with E-state index in [0.717, 1.165) is 6.42 Å². The van der Waals surface area contributed by atoms with Crippen molar-refractivity contribution in [2.75, 3.05) is 17.6 Å². The molecule has 1 aliphatic rings. The van der Waals surface area contributed by atoms with Gasteiger partial charge >= 0.3 is 0 Å². The number of nitrogens with zero attached hydrogens (tertiary/aromatic N) is 1. The number of nitrogen functional groups attached to an aromatic ring is 1. The lowest BCUT2D eigenvalue weighted by atomic mass is 10.1. The summed E-state index contributed by atoms with van der Waals surface area (Å²) in [6, 6.07) is 5.10.